The summed E-state index contributed by atoms with van der Waals surface area (Å²) < 4.78 is 25.6. The minimum atomic E-state index is -3.75. The molecule has 0 saturated carbocycles. The molecule has 0 aromatic heterocycles. The molecular formula is C5H9NaO4S2. The van der Waals surface area contributed by atoms with Crippen molar-refractivity contribution in [3.8, 4) is 0 Å². The molecule has 0 N–H and O–H groups in total. The van der Waals surface area contributed by atoms with Crippen LogP contribution in [0.25, 0.3) is 0 Å². The zero-order valence-corrected chi connectivity index (χ0v) is 7.57. The number of carbonyl (C=O) groups excluding carboxylic acids is 1. The number of rotatable bonds is 4. The molecule has 0 spiro atoms. The second kappa shape index (κ2) is 7.11. The Morgan fingerprint density at radius 2 is 2.17 bits per heavy atom. The second-order valence-corrected chi connectivity index (χ2v) is 4.77. The van der Waals surface area contributed by atoms with Gasteiger partial charge in [0.15, 0.2) is 0 Å². The molecule has 0 aromatic carbocycles. The zero-order chi connectivity index (χ0) is 8.91. The van der Waals surface area contributed by atoms with E-state index in [0.717, 1.165) is 6.08 Å². The molecule has 7 heteroatoms. The predicted molar refractivity (Wildman–Crippen MR) is 50.5 cm³/mol. The zero-order valence-electron chi connectivity index (χ0n) is 5.94. The van der Waals surface area contributed by atoms with Crippen molar-refractivity contribution in [1.29, 1.82) is 0 Å². The average Bonchev–Trinajstić information content (AvgIpc) is 1.86. The fourth-order valence-corrected chi connectivity index (χ4v) is 2.15. The van der Waals surface area contributed by atoms with E-state index in [9.17, 15) is 13.2 Å². The SMILES string of the molecule is C=CC(=O)SS(=O)(=O)OCC.[NaH]. The van der Waals surface area contributed by atoms with Gasteiger partial charge in [-0.05, 0) is 13.0 Å². The van der Waals surface area contributed by atoms with E-state index >= 15 is 0 Å². The first-order chi connectivity index (χ1) is 5.02. The fraction of sp³-hybridized carbons (Fsp3) is 0.400. The van der Waals surface area contributed by atoms with Crippen LogP contribution in [0.15, 0.2) is 12.7 Å². The summed E-state index contributed by atoms with van der Waals surface area (Å²) in [6.45, 7) is 4.67. The Bertz CT molecular complexity index is 246. The van der Waals surface area contributed by atoms with E-state index in [0.29, 0.717) is 0 Å². The van der Waals surface area contributed by atoms with Gasteiger partial charge >= 0.3 is 38.7 Å². The van der Waals surface area contributed by atoms with Gasteiger partial charge in [-0.15, -0.1) is 0 Å². The van der Waals surface area contributed by atoms with Crippen LogP contribution < -0.4 is 0 Å². The first-order valence-electron chi connectivity index (χ1n) is 2.77. The Morgan fingerprint density at radius 3 is 2.50 bits per heavy atom. The third-order valence-electron chi connectivity index (χ3n) is 0.613. The first kappa shape index (κ1) is 15.2. The summed E-state index contributed by atoms with van der Waals surface area (Å²) in [4.78, 5) is 10.5. The molecule has 12 heavy (non-hydrogen) atoms. The topological polar surface area (TPSA) is 60.4 Å². The van der Waals surface area contributed by atoms with Crippen molar-refractivity contribution in [3.05, 3.63) is 12.7 Å². The van der Waals surface area contributed by atoms with Crippen LogP contribution in [0.4, 0.5) is 0 Å². The van der Waals surface area contributed by atoms with Gasteiger partial charge in [-0.25, -0.2) is 0 Å². The molecule has 0 radical (unpaired) electrons. The Hall–Kier alpha value is 0.670. The van der Waals surface area contributed by atoms with Crippen LogP contribution in [0.2, 0.25) is 0 Å². The third kappa shape index (κ3) is 7.33. The Labute approximate surface area is 97.6 Å². The van der Waals surface area contributed by atoms with Gasteiger partial charge in [-0.3, -0.25) is 8.98 Å². The van der Waals surface area contributed by atoms with Crippen LogP contribution >= 0.6 is 10.8 Å². The Kier molecular flexibility index (Phi) is 8.98. The van der Waals surface area contributed by atoms with Crippen molar-refractivity contribution in [2.45, 2.75) is 6.92 Å². The maximum absolute atomic E-state index is 10.7. The quantitative estimate of drug-likeness (QED) is 0.381. The van der Waals surface area contributed by atoms with Crippen molar-refractivity contribution in [1.82, 2.24) is 0 Å². The standard InChI is InChI=1S/C5H8O4S2.Na.H/c1-3-5(6)10-11(7,8)9-4-2;;/h3H,1,4H2,2H3;;. The van der Waals surface area contributed by atoms with Crippen molar-refractivity contribution in [2.75, 3.05) is 6.61 Å². The molecule has 0 unspecified atom stereocenters. The van der Waals surface area contributed by atoms with Gasteiger partial charge in [0.1, 0.15) is 0 Å². The third-order valence-corrected chi connectivity index (χ3v) is 3.07. The van der Waals surface area contributed by atoms with Gasteiger partial charge in [-0.2, -0.15) is 8.42 Å². The normalized spacial score (nSPS) is 10.1. The second-order valence-electron chi connectivity index (χ2n) is 1.42. The summed E-state index contributed by atoms with van der Waals surface area (Å²) in [5.41, 5.74) is 0. The Balaban J connectivity index is 0. The van der Waals surface area contributed by atoms with E-state index in [4.69, 9.17) is 0 Å². The summed E-state index contributed by atoms with van der Waals surface area (Å²) in [6.07, 6.45) is 0.918. The molecule has 0 aliphatic carbocycles. The average molecular weight is 220 g/mol. The molecule has 66 valence electrons. The van der Waals surface area contributed by atoms with Gasteiger partial charge in [-0.1, -0.05) is 6.58 Å². The van der Waals surface area contributed by atoms with E-state index in [1.807, 2.05) is 0 Å². The first-order valence-corrected chi connectivity index (χ1v) is 5.51. The molecule has 0 fully saturated rings. The number of carbonyl (C=O) groups is 1. The van der Waals surface area contributed by atoms with Crippen LogP contribution in [-0.2, 0) is 18.1 Å². The van der Waals surface area contributed by atoms with Crippen molar-refractivity contribution < 1.29 is 17.4 Å². The minimum absolute atomic E-state index is 0. The summed E-state index contributed by atoms with van der Waals surface area (Å²) in [7, 11) is -3.63. The predicted octanol–water partition coefficient (Wildman–Crippen LogP) is 0.0650. The molecule has 0 rings (SSSR count). The number of hydrogen-bond donors (Lipinski definition) is 0. The number of hydrogen-bond acceptors (Lipinski definition) is 5. The summed E-state index contributed by atoms with van der Waals surface area (Å²) >= 11 is 0. The molecule has 0 heterocycles. The van der Waals surface area contributed by atoms with E-state index < -0.39 is 14.3 Å². The molecular weight excluding hydrogens is 211 g/mol. The summed E-state index contributed by atoms with van der Waals surface area (Å²) in [5, 5.41) is -0.640. The molecule has 4 nitrogen and oxygen atoms in total. The van der Waals surface area contributed by atoms with Crippen LogP contribution in [-0.4, -0.2) is 49.7 Å². The van der Waals surface area contributed by atoms with E-state index in [2.05, 4.69) is 10.8 Å². The van der Waals surface area contributed by atoms with Crippen molar-refractivity contribution >= 4 is 54.6 Å². The van der Waals surface area contributed by atoms with Crippen molar-refractivity contribution in [2.24, 2.45) is 0 Å². The Morgan fingerprint density at radius 1 is 1.67 bits per heavy atom. The van der Waals surface area contributed by atoms with Gasteiger partial charge in [0, 0.05) is 0 Å². The van der Waals surface area contributed by atoms with E-state index in [1.165, 1.54) is 6.92 Å². The van der Waals surface area contributed by atoms with Crippen LogP contribution in [0.5, 0.6) is 0 Å². The molecule has 0 aliphatic rings. The summed E-state index contributed by atoms with van der Waals surface area (Å²) in [5.74, 6) is 0. The van der Waals surface area contributed by atoms with Crippen LogP contribution in [0.3, 0.4) is 0 Å². The van der Waals surface area contributed by atoms with E-state index in [-0.39, 0.29) is 47.0 Å². The van der Waals surface area contributed by atoms with Gasteiger partial charge in [0.2, 0.25) is 5.12 Å². The van der Waals surface area contributed by atoms with Crippen LogP contribution in [0, 0.1) is 0 Å². The monoisotopic (exact) mass is 220 g/mol. The van der Waals surface area contributed by atoms with Gasteiger partial charge in [0.25, 0.3) is 0 Å². The molecule has 0 atom stereocenters. The summed E-state index contributed by atoms with van der Waals surface area (Å²) in [6, 6.07) is 0. The van der Waals surface area contributed by atoms with Gasteiger partial charge < -0.3 is 0 Å². The van der Waals surface area contributed by atoms with Crippen LogP contribution in [0.1, 0.15) is 6.92 Å². The molecule has 0 amide bonds. The van der Waals surface area contributed by atoms with Crippen molar-refractivity contribution in [3.63, 3.8) is 0 Å². The maximum atomic E-state index is 10.7. The molecule has 0 aromatic rings. The molecule has 0 saturated heterocycles. The fourth-order valence-electron chi connectivity index (χ4n) is 0.303. The van der Waals surface area contributed by atoms with E-state index in [1.54, 1.807) is 0 Å². The molecule has 0 bridgehead atoms. The van der Waals surface area contributed by atoms with Gasteiger partial charge in [0.05, 0.1) is 17.4 Å². The molecule has 0 aliphatic heterocycles.